The molecule has 1 aromatic carbocycles. The molecule has 0 saturated heterocycles. The summed E-state index contributed by atoms with van der Waals surface area (Å²) in [6, 6.07) is 0. The number of aliphatic hydroxyl groups is 2. The molecule has 2 rings (SSSR count). The summed E-state index contributed by atoms with van der Waals surface area (Å²) < 4.78 is 0. The largest absolute Gasteiger partial charge is 0.511 e. The molecule has 0 amide bonds. The van der Waals surface area contributed by atoms with Crippen molar-refractivity contribution in [2.24, 2.45) is 17.3 Å². The third-order valence-electron chi connectivity index (χ3n) is 6.19. The third-order valence-corrected chi connectivity index (χ3v) is 6.19. The number of Topliss-reactive ketones (excluding diaryl/α,β-unsaturated/α-hetero) is 3. The van der Waals surface area contributed by atoms with E-state index in [1.165, 1.54) is 26.0 Å². The highest BCUT2D eigenvalue weighted by atomic mass is 16.3. The van der Waals surface area contributed by atoms with E-state index < -0.39 is 80.9 Å². The number of aliphatic hydroxyl groups excluding tert-OH is 2. The Morgan fingerprint density at radius 3 is 1.89 bits per heavy atom. The van der Waals surface area contributed by atoms with Crippen molar-refractivity contribution in [3.8, 4) is 17.2 Å². The van der Waals surface area contributed by atoms with Gasteiger partial charge in [0.25, 0.3) is 0 Å². The Labute approximate surface area is 210 Å². The second kappa shape index (κ2) is 10.0. The molecule has 0 spiro atoms. The lowest BCUT2D eigenvalue weighted by atomic mass is 9.73. The maximum Gasteiger partial charge on any atom is 0.199 e. The number of phenols is 3. The second-order valence-electron chi connectivity index (χ2n) is 10.2. The molecular formula is C28H34O8. The van der Waals surface area contributed by atoms with Gasteiger partial charge < -0.3 is 25.5 Å². The first kappa shape index (κ1) is 28.4. The van der Waals surface area contributed by atoms with Crippen LogP contribution in [0.3, 0.4) is 0 Å². The van der Waals surface area contributed by atoms with E-state index in [9.17, 15) is 39.9 Å². The Kier molecular flexibility index (Phi) is 7.93. The quantitative estimate of drug-likeness (QED) is 0.185. The van der Waals surface area contributed by atoms with Crippen molar-refractivity contribution in [2.45, 2.75) is 54.9 Å². The number of hydrogen-bond donors (Lipinski definition) is 5. The normalized spacial score (nSPS) is 16.0. The number of phenolic OH excluding ortho intramolecular Hbond substituents is 3. The summed E-state index contributed by atoms with van der Waals surface area (Å²) in [7, 11) is 0. The molecule has 0 fully saturated rings. The molecule has 0 saturated carbocycles. The van der Waals surface area contributed by atoms with Gasteiger partial charge in [-0.05, 0) is 26.8 Å². The highest BCUT2D eigenvalue weighted by Gasteiger charge is 2.45. The van der Waals surface area contributed by atoms with Gasteiger partial charge in [-0.3, -0.25) is 14.4 Å². The fraction of sp³-hybridized carbons (Fsp3) is 0.393. The van der Waals surface area contributed by atoms with Gasteiger partial charge in [0.15, 0.2) is 17.3 Å². The number of carbonyl (C=O) groups excluding carboxylic acids is 3. The van der Waals surface area contributed by atoms with Crippen molar-refractivity contribution < 1.29 is 39.9 Å². The number of hydrogen-bond acceptors (Lipinski definition) is 8. The molecule has 1 aromatic rings. The van der Waals surface area contributed by atoms with E-state index in [2.05, 4.69) is 6.58 Å². The summed E-state index contributed by atoms with van der Waals surface area (Å²) in [6.07, 6.45) is 2.21. The minimum atomic E-state index is -1.51. The molecule has 0 aliphatic heterocycles. The Balaban J connectivity index is 2.87. The van der Waals surface area contributed by atoms with E-state index in [1.807, 2.05) is 0 Å². The Morgan fingerprint density at radius 1 is 0.889 bits per heavy atom. The maximum absolute atomic E-state index is 13.3. The highest BCUT2D eigenvalue weighted by molar-refractivity contribution is 6.28. The van der Waals surface area contributed by atoms with Crippen molar-refractivity contribution in [1.82, 2.24) is 0 Å². The van der Waals surface area contributed by atoms with Crippen molar-refractivity contribution >= 4 is 23.4 Å². The average molecular weight is 499 g/mol. The number of carbonyl (C=O) groups is 3. The number of rotatable bonds is 8. The van der Waals surface area contributed by atoms with Crippen LogP contribution in [0.1, 0.15) is 70.0 Å². The van der Waals surface area contributed by atoms with Crippen LogP contribution in [0.4, 0.5) is 0 Å². The van der Waals surface area contributed by atoms with Gasteiger partial charge in [-0.2, -0.15) is 0 Å². The average Bonchev–Trinajstić information content (AvgIpc) is 2.77. The summed E-state index contributed by atoms with van der Waals surface area (Å²) in [6.45, 7) is 14.5. The predicted octanol–water partition coefficient (Wildman–Crippen LogP) is 5.23. The van der Waals surface area contributed by atoms with Gasteiger partial charge in [0.2, 0.25) is 0 Å². The summed E-state index contributed by atoms with van der Waals surface area (Å²) in [5, 5.41) is 54.4. The second-order valence-corrected chi connectivity index (χ2v) is 10.2. The smallest absolute Gasteiger partial charge is 0.199 e. The van der Waals surface area contributed by atoms with Gasteiger partial charge in [0.1, 0.15) is 39.9 Å². The minimum Gasteiger partial charge on any atom is -0.511 e. The molecule has 8 heteroatoms. The summed E-state index contributed by atoms with van der Waals surface area (Å²) >= 11 is 0. The third kappa shape index (κ3) is 4.80. The maximum atomic E-state index is 13.3. The number of ketones is 3. The lowest BCUT2D eigenvalue weighted by Gasteiger charge is -2.32. The van der Waals surface area contributed by atoms with Crippen molar-refractivity contribution in [2.75, 3.05) is 0 Å². The van der Waals surface area contributed by atoms with Crippen LogP contribution in [0.25, 0.3) is 6.08 Å². The zero-order chi connectivity index (χ0) is 27.9. The van der Waals surface area contributed by atoms with Crippen LogP contribution in [-0.4, -0.2) is 42.9 Å². The summed E-state index contributed by atoms with van der Waals surface area (Å²) in [5.74, 6) is -6.60. The lowest BCUT2D eigenvalue weighted by Crippen LogP contribution is -2.34. The van der Waals surface area contributed by atoms with Crippen molar-refractivity contribution in [3.05, 3.63) is 57.6 Å². The van der Waals surface area contributed by atoms with Gasteiger partial charge in [-0.1, -0.05) is 45.9 Å². The van der Waals surface area contributed by atoms with E-state index in [0.29, 0.717) is 5.57 Å². The zero-order valence-corrected chi connectivity index (χ0v) is 21.7. The van der Waals surface area contributed by atoms with E-state index in [-0.39, 0.29) is 16.7 Å². The molecule has 0 atom stereocenters. The fourth-order valence-corrected chi connectivity index (χ4v) is 3.88. The van der Waals surface area contributed by atoms with E-state index in [1.54, 1.807) is 34.6 Å². The van der Waals surface area contributed by atoms with Crippen LogP contribution < -0.4 is 0 Å². The number of aromatic hydroxyl groups is 3. The van der Waals surface area contributed by atoms with E-state index >= 15 is 0 Å². The van der Waals surface area contributed by atoms with Crippen LogP contribution in [0, 0.1) is 17.3 Å². The standard InChI is InChI=1S/C28H34O8/c1-12(2)9-10-15-22(31)16(24(33)18(23(15)32)20(29)13(3)4)11-17-25(34)19(21(30)14(5)6)27(36)28(7,8)26(17)35/h9-10,13-14,31-33,35-36H,1,11H2,2-8H3. The fourth-order valence-electron chi connectivity index (χ4n) is 3.88. The van der Waals surface area contributed by atoms with Crippen molar-refractivity contribution in [3.63, 3.8) is 0 Å². The van der Waals surface area contributed by atoms with Crippen LogP contribution in [0.15, 0.2) is 40.9 Å². The van der Waals surface area contributed by atoms with Gasteiger partial charge >= 0.3 is 0 Å². The molecule has 36 heavy (non-hydrogen) atoms. The summed E-state index contributed by atoms with van der Waals surface area (Å²) in [4.78, 5) is 39.0. The first-order chi connectivity index (χ1) is 16.5. The molecular weight excluding hydrogens is 464 g/mol. The Bertz CT molecular complexity index is 1250. The van der Waals surface area contributed by atoms with Crippen LogP contribution in [0.2, 0.25) is 0 Å². The molecule has 1 aliphatic rings. The SMILES string of the molecule is C=C(C)C=Cc1c(O)c(CC2=C(O)C(C)(C)C(O)=C(C(=O)C(C)C)C2=O)c(O)c(C(=O)C(C)C)c1O. The molecule has 1 aliphatic carbocycles. The van der Waals surface area contributed by atoms with Crippen LogP contribution in [-0.2, 0) is 16.0 Å². The molecule has 8 nitrogen and oxygen atoms in total. The molecule has 5 N–H and O–H groups in total. The monoisotopic (exact) mass is 498 g/mol. The van der Waals surface area contributed by atoms with Crippen LogP contribution in [0.5, 0.6) is 17.2 Å². The molecule has 0 bridgehead atoms. The van der Waals surface area contributed by atoms with E-state index in [0.717, 1.165) is 0 Å². The minimum absolute atomic E-state index is 0.186. The molecule has 0 heterocycles. The van der Waals surface area contributed by atoms with Gasteiger partial charge in [-0.25, -0.2) is 0 Å². The molecule has 0 radical (unpaired) electrons. The van der Waals surface area contributed by atoms with Gasteiger partial charge in [0, 0.05) is 29.4 Å². The lowest BCUT2D eigenvalue weighted by molar-refractivity contribution is -0.122. The van der Waals surface area contributed by atoms with Crippen LogP contribution >= 0.6 is 0 Å². The van der Waals surface area contributed by atoms with Gasteiger partial charge in [0.05, 0.1) is 11.0 Å². The predicted molar refractivity (Wildman–Crippen MR) is 136 cm³/mol. The zero-order valence-electron chi connectivity index (χ0n) is 21.7. The topological polar surface area (TPSA) is 152 Å². The number of benzene rings is 1. The molecule has 0 unspecified atom stereocenters. The molecule has 194 valence electrons. The first-order valence-electron chi connectivity index (χ1n) is 11.6. The number of allylic oxidation sites excluding steroid dienone is 4. The van der Waals surface area contributed by atoms with Crippen molar-refractivity contribution in [1.29, 1.82) is 0 Å². The Hall–Kier alpha value is -3.81. The Morgan fingerprint density at radius 2 is 1.42 bits per heavy atom. The summed E-state index contributed by atoms with van der Waals surface area (Å²) in [5.41, 5.74) is -2.70. The highest BCUT2D eigenvalue weighted by Crippen LogP contribution is 2.47. The molecule has 0 aromatic heterocycles. The van der Waals surface area contributed by atoms with E-state index in [4.69, 9.17) is 0 Å². The first-order valence-corrected chi connectivity index (χ1v) is 11.6. The van der Waals surface area contributed by atoms with Gasteiger partial charge in [-0.15, -0.1) is 0 Å².